The molecule has 0 aromatic carbocycles. The van der Waals surface area contributed by atoms with E-state index in [1.807, 2.05) is 0 Å². The highest BCUT2D eigenvalue weighted by atomic mass is 17.1. The fourth-order valence-corrected chi connectivity index (χ4v) is 2.17. The van der Waals surface area contributed by atoms with Crippen LogP contribution in [0.25, 0.3) is 0 Å². The van der Waals surface area contributed by atoms with Crippen LogP contribution in [-0.2, 0) is 4.89 Å². The molecule has 0 aromatic rings. The number of hydrogen-bond donors (Lipinski definition) is 1. The molecule has 72 valence electrons. The largest absolute Gasteiger partial charge is 0.252 e. The average molecular weight is 172 g/mol. The standard InChI is InChI=1S/C10H20O2/c1-10(2,8-12-11)9-6-4-3-5-7-9/h9,11H,3-8H2,1-2H3. The Morgan fingerprint density at radius 3 is 2.33 bits per heavy atom. The Balaban J connectivity index is 2.41. The van der Waals surface area contributed by atoms with Crippen molar-refractivity contribution in [3.63, 3.8) is 0 Å². The Kier molecular flexibility index (Phi) is 3.53. The summed E-state index contributed by atoms with van der Waals surface area (Å²) in [5.74, 6) is 0.735. The Labute approximate surface area is 74.9 Å². The van der Waals surface area contributed by atoms with Crippen LogP contribution < -0.4 is 0 Å². The minimum absolute atomic E-state index is 0.148. The van der Waals surface area contributed by atoms with Gasteiger partial charge in [0, 0.05) is 0 Å². The Bertz CT molecular complexity index is 126. The molecule has 0 unspecified atom stereocenters. The zero-order valence-electron chi connectivity index (χ0n) is 8.18. The van der Waals surface area contributed by atoms with E-state index in [1.54, 1.807) is 0 Å². The average Bonchev–Trinajstić information content (AvgIpc) is 2.06. The molecule has 0 radical (unpaired) electrons. The summed E-state index contributed by atoms with van der Waals surface area (Å²) in [5.41, 5.74) is 0.148. The molecule has 0 bridgehead atoms. The summed E-state index contributed by atoms with van der Waals surface area (Å²) in [6, 6.07) is 0. The maximum absolute atomic E-state index is 8.43. The first-order valence-corrected chi connectivity index (χ1v) is 4.93. The highest BCUT2D eigenvalue weighted by Crippen LogP contribution is 2.38. The van der Waals surface area contributed by atoms with E-state index in [0.717, 1.165) is 5.92 Å². The van der Waals surface area contributed by atoms with Crippen molar-refractivity contribution in [3.8, 4) is 0 Å². The van der Waals surface area contributed by atoms with Crippen molar-refractivity contribution < 1.29 is 10.1 Å². The molecule has 1 fully saturated rings. The summed E-state index contributed by atoms with van der Waals surface area (Å²) in [4.78, 5) is 4.26. The topological polar surface area (TPSA) is 29.5 Å². The second-order valence-corrected chi connectivity index (χ2v) is 4.60. The summed E-state index contributed by atoms with van der Waals surface area (Å²) in [5, 5.41) is 8.43. The summed E-state index contributed by atoms with van der Waals surface area (Å²) < 4.78 is 0. The summed E-state index contributed by atoms with van der Waals surface area (Å²) in [6.45, 7) is 4.83. The Morgan fingerprint density at radius 1 is 1.25 bits per heavy atom. The molecule has 0 spiro atoms. The third kappa shape index (κ3) is 2.46. The molecule has 1 aliphatic rings. The monoisotopic (exact) mass is 172 g/mol. The van der Waals surface area contributed by atoms with E-state index < -0.39 is 0 Å². The van der Waals surface area contributed by atoms with Crippen molar-refractivity contribution >= 4 is 0 Å². The molecule has 0 saturated heterocycles. The third-order valence-corrected chi connectivity index (χ3v) is 3.15. The molecular formula is C10H20O2. The van der Waals surface area contributed by atoms with Crippen molar-refractivity contribution in [1.82, 2.24) is 0 Å². The fraction of sp³-hybridized carbons (Fsp3) is 1.00. The highest BCUT2D eigenvalue weighted by molar-refractivity contribution is 4.80. The molecule has 1 rings (SSSR count). The highest BCUT2D eigenvalue weighted by Gasteiger charge is 2.30. The molecule has 0 aromatic heterocycles. The SMILES string of the molecule is CC(C)(COO)C1CCCCC1. The van der Waals surface area contributed by atoms with E-state index in [2.05, 4.69) is 18.7 Å². The van der Waals surface area contributed by atoms with Gasteiger partial charge in [0.05, 0.1) is 6.61 Å². The summed E-state index contributed by atoms with van der Waals surface area (Å²) in [7, 11) is 0. The van der Waals surface area contributed by atoms with Crippen LogP contribution in [0.5, 0.6) is 0 Å². The van der Waals surface area contributed by atoms with Crippen LogP contribution in [-0.4, -0.2) is 11.9 Å². The molecule has 0 heterocycles. The fourth-order valence-electron chi connectivity index (χ4n) is 2.17. The van der Waals surface area contributed by atoms with Gasteiger partial charge in [-0.05, 0) is 24.2 Å². The lowest BCUT2D eigenvalue weighted by Crippen LogP contribution is -2.30. The molecule has 1 aliphatic carbocycles. The Morgan fingerprint density at radius 2 is 1.83 bits per heavy atom. The van der Waals surface area contributed by atoms with Crippen LogP contribution >= 0.6 is 0 Å². The van der Waals surface area contributed by atoms with E-state index in [-0.39, 0.29) is 5.41 Å². The first-order valence-electron chi connectivity index (χ1n) is 4.93. The second kappa shape index (κ2) is 4.24. The zero-order valence-corrected chi connectivity index (χ0v) is 8.18. The van der Waals surface area contributed by atoms with Crippen molar-refractivity contribution in [3.05, 3.63) is 0 Å². The van der Waals surface area contributed by atoms with E-state index in [9.17, 15) is 0 Å². The normalized spacial score (nSPS) is 21.2. The van der Waals surface area contributed by atoms with Gasteiger partial charge < -0.3 is 0 Å². The van der Waals surface area contributed by atoms with E-state index in [1.165, 1.54) is 32.1 Å². The molecule has 2 nitrogen and oxygen atoms in total. The number of hydrogen-bond acceptors (Lipinski definition) is 2. The van der Waals surface area contributed by atoms with Crippen molar-refractivity contribution in [1.29, 1.82) is 0 Å². The smallest absolute Gasteiger partial charge is 0.0873 e. The van der Waals surface area contributed by atoms with E-state index >= 15 is 0 Å². The van der Waals surface area contributed by atoms with Gasteiger partial charge in [0.2, 0.25) is 0 Å². The zero-order chi connectivity index (χ0) is 9.03. The maximum atomic E-state index is 8.43. The van der Waals surface area contributed by atoms with Gasteiger partial charge in [-0.3, -0.25) is 5.26 Å². The van der Waals surface area contributed by atoms with Crippen LogP contribution in [0.15, 0.2) is 0 Å². The first kappa shape index (κ1) is 10.0. The minimum Gasteiger partial charge on any atom is -0.252 e. The summed E-state index contributed by atoms with van der Waals surface area (Å²) in [6.07, 6.45) is 6.68. The van der Waals surface area contributed by atoms with Crippen LogP contribution in [0.2, 0.25) is 0 Å². The Hall–Kier alpha value is -0.0800. The molecule has 0 atom stereocenters. The maximum Gasteiger partial charge on any atom is 0.0873 e. The number of rotatable bonds is 3. The molecule has 12 heavy (non-hydrogen) atoms. The second-order valence-electron chi connectivity index (χ2n) is 4.60. The van der Waals surface area contributed by atoms with E-state index in [0.29, 0.717) is 6.61 Å². The van der Waals surface area contributed by atoms with Gasteiger partial charge in [-0.25, -0.2) is 4.89 Å². The van der Waals surface area contributed by atoms with Crippen LogP contribution in [0.1, 0.15) is 46.0 Å². The van der Waals surface area contributed by atoms with Crippen LogP contribution in [0.3, 0.4) is 0 Å². The summed E-state index contributed by atoms with van der Waals surface area (Å²) >= 11 is 0. The lowest BCUT2D eigenvalue weighted by molar-refractivity contribution is -0.264. The molecule has 2 heteroatoms. The van der Waals surface area contributed by atoms with Crippen LogP contribution in [0.4, 0.5) is 0 Å². The van der Waals surface area contributed by atoms with Gasteiger partial charge in [0.25, 0.3) is 0 Å². The van der Waals surface area contributed by atoms with E-state index in [4.69, 9.17) is 5.26 Å². The molecule has 1 N–H and O–H groups in total. The van der Waals surface area contributed by atoms with Crippen molar-refractivity contribution in [2.45, 2.75) is 46.0 Å². The first-order chi connectivity index (χ1) is 5.67. The van der Waals surface area contributed by atoms with Gasteiger partial charge >= 0.3 is 0 Å². The van der Waals surface area contributed by atoms with Gasteiger partial charge in [-0.15, -0.1) is 0 Å². The molecular weight excluding hydrogens is 152 g/mol. The van der Waals surface area contributed by atoms with Crippen molar-refractivity contribution in [2.24, 2.45) is 11.3 Å². The molecule has 0 amide bonds. The third-order valence-electron chi connectivity index (χ3n) is 3.15. The van der Waals surface area contributed by atoms with Crippen LogP contribution in [0, 0.1) is 11.3 Å². The molecule has 1 saturated carbocycles. The lowest BCUT2D eigenvalue weighted by Gasteiger charge is -2.35. The predicted molar refractivity (Wildman–Crippen MR) is 48.9 cm³/mol. The van der Waals surface area contributed by atoms with Crippen molar-refractivity contribution in [2.75, 3.05) is 6.61 Å². The van der Waals surface area contributed by atoms with Gasteiger partial charge in [0.1, 0.15) is 0 Å². The van der Waals surface area contributed by atoms with Gasteiger partial charge in [0.15, 0.2) is 0 Å². The quantitative estimate of drug-likeness (QED) is 0.523. The minimum atomic E-state index is 0.148. The predicted octanol–water partition coefficient (Wildman–Crippen LogP) is 3.08. The lowest BCUT2D eigenvalue weighted by atomic mass is 9.72. The van der Waals surface area contributed by atoms with Gasteiger partial charge in [-0.1, -0.05) is 33.1 Å². The molecule has 0 aliphatic heterocycles. The van der Waals surface area contributed by atoms with Gasteiger partial charge in [-0.2, -0.15) is 0 Å².